The summed E-state index contributed by atoms with van der Waals surface area (Å²) >= 11 is 0. The number of hydrogen-bond acceptors (Lipinski definition) is 5. The van der Waals surface area contributed by atoms with Gasteiger partial charge in [-0.1, -0.05) is 48.0 Å². The molecule has 4 aromatic carbocycles. The molecule has 0 saturated carbocycles. The second-order valence-electron chi connectivity index (χ2n) is 8.77. The van der Waals surface area contributed by atoms with Gasteiger partial charge in [0.25, 0.3) is 0 Å². The normalized spacial score (nSPS) is 18.2. The van der Waals surface area contributed by atoms with E-state index in [1.54, 1.807) is 42.5 Å². The van der Waals surface area contributed by atoms with Gasteiger partial charge in [0.2, 0.25) is 0 Å². The van der Waals surface area contributed by atoms with Gasteiger partial charge in [0.1, 0.15) is 28.7 Å². The molecule has 0 saturated heterocycles. The molecule has 4 aromatic rings. The lowest BCUT2D eigenvalue weighted by Crippen LogP contribution is -2.08. The molecule has 0 spiro atoms. The fraction of sp³-hybridized carbons (Fsp3) is 0.103. The van der Waals surface area contributed by atoms with Crippen LogP contribution >= 0.6 is 0 Å². The van der Waals surface area contributed by atoms with Crippen molar-refractivity contribution in [2.24, 2.45) is 0 Å². The van der Waals surface area contributed by atoms with Crippen molar-refractivity contribution in [1.29, 1.82) is 0 Å². The first kappa shape index (κ1) is 21.5. The van der Waals surface area contributed by atoms with Crippen molar-refractivity contribution in [3.05, 3.63) is 112 Å². The molecular weight excluding hydrogens is 428 g/mol. The summed E-state index contributed by atoms with van der Waals surface area (Å²) in [5.74, 6) is -0.918. The number of aromatic hydroxyl groups is 5. The van der Waals surface area contributed by atoms with Crippen molar-refractivity contribution in [3.63, 3.8) is 0 Å². The van der Waals surface area contributed by atoms with E-state index in [9.17, 15) is 25.5 Å². The van der Waals surface area contributed by atoms with E-state index >= 15 is 0 Å². The zero-order valence-electron chi connectivity index (χ0n) is 18.5. The third kappa shape index (κ3) is 3.82. The molecule has 1 aliphatic carbocycles. The maximum Gasteiger partial charge on any atom is 0.123 e. The van der Waals surface area contributed by atoms with Gasteiger partial charge in [-0.25, -0.2) is 0 Å². The molecule has 0 aromatic heterocycles. The molecule has 2 atom stereocenters. The first-order valence-corrected chi connectivity index (χ1v) is 11.0. The van der Waals surface area contributed by atoms with Crippen molar-refractivity contribution in [3.8, 4) is 28.7 Å². The Bertz CT molecular complexity index is 1380. The first-order chi connectivity index (χ1) is 16.3. The van der Waals surface area contributed by atoms with Crippen LogP contribution in [0.3, 0.4) is 0 Å². The number of hydrogen-bond donors (Lipinski definition) is 5. The maximum absolute atomic E-state index is 11.0. The minimum atomic E-state index is -0.397. The molecule has 0 aliphatic heterocycles. The van der Waals surface area contributed by atoms with Gasteiger partial charge < -0.3 is 25.5 Å². The molecule has 0 bridgehead atoms. The van der Waals surface area contributed by atoms with Crippen LogP contribution in [0.2, 0.25) is 0 Å². The summed E-state index contributed by atoms with van der Waals surface area (Å²) in [5, 5.41) is 51.7. The average molecular weight is 453 g/mol. The molecule has 5 N–H and O–H groups in total. The van der Waals surface area contributed by atoms with Gasteiger partial charge in [0, 0.05) is 29.5 Å². The number of aryl methyl sites for hydroxylation is 1. The number of fused-ring (bicyclic) bond motifs is 1. The van der Waals surface area contributed by atoms with E-state index in [1.165, 1.54) is 12.1 Å². The van der Waals surface area contributed by atoms with Gasteiger partial charge in [-0.05, 0) is 65.1 Å². The predicted octanol–water partition coefficient (Wildman–Crippen LogP) is 5.99. The second-order valence-corrected chi connectivity index (χ2v) is 8.77. The number of benzene rings is 4. The van der Waals surface area contributed by atoms with E-state index in [4.69, 9.17) is 0 Å². The molecular formula is C29H24O5. The van der Waals surface area contributed by atoms with Crippen LogP contribution in [0.15, 0.2) is 78.9 Å². The Labute approximate surface area is 197 Å². The second kappa shape index (κ2) is 8.19. The Kier molecular flexibility index (Phi) is 5.17. The molecule has 0 heterocycles. The average Bonchev–Trinajstić information content (AvgIpc) is 3.09. The summed E-state index contributed by atoms with van der Waals surface area (Å²) in [6, 6.07) is 22.2. The maximum atomic E-state index is 11.0. The molecule has 0 fully saturated rings. The Hall–Kier alpha value is -4.38. The lowest BCUT2D eigenvalue weighted by Gasteiger charge is -2.24. The minimum Gasteiger partial charge on any atom is -0.508 e. The lowest BCUT2D eigenvalue weighted by molar-refractivity contribution is 0.444. The Morgan fingerprint density at radius 2 is 1.21 bits per heavy atom. The standard InChI is InChI=1S/C29H24O5/c1-16-2-4-17(5-3-16)10-24-25-14-23(33)15-26(34)29(25)28(18-6-8-20(30)9-7-18)27(24)19-11-21(31)13-22(32)12-19/h2-15,27-28,30-34H,1H3/b24-10-/t27-,28+/m1/s1. The van der Waals surface area contributed by atoms with Crippen LogP contribution < -0.4 is 0 Å². The van der Waals surface area contributed by atoms with Gasteiger partial charge in [0.05, 0.1) is 0 Å². The van der Waals surface area contributed by atoms with Crippen LogP contribution in [0.1, 0.15) is 45.2 Å². The smallest absolute Gasteiger partial charge is 0.123 e. The molecule has 5 rings (SSSR count). The van der Waals surface area contributed by atoms with Gasteiger partial charge >= 0.3 is 0 Å². The number of allylic oxidation sites excluding steroid dienone is 1. The van der Waals surface area contributed by atoms with Gasteiger partial charge in [-0.2, -0.15) is 0 Å². The van der Waals surface area contributed by atoms with Crippen molar-refractivity contribution >= 4 is 11.6 Å². The molecule has 1 aliphatic rings. The lowest BCUT2D eigenvalue weighted by atomic mass is 9.79. The van der Waals surface area contributed by atoms with Gasteiger partial charge in [0.15, 0.2) is 0 Å². The summed E-state index contributed by atoms with van der Waals surface area (Å²) in [4.78, 5) is 0. The number of rotatable bonds is 3. The molecule has 34 heavy (non-hydrogen) atoms. The fourth-order valence-electron chi connectivity index (χ4n) is 4.92. The van der Waals surface area contributed by atoms with E-state index in [0.717, 1.165) is 22.3 Å². The van der Waals surface area contributed by atoms with E-state index in [1.807, 2.05) is 37.3 Å². The van der Waals surface area contributed by atoms with Crippen LogP contribution in [0.4, 0.5) is 0 Å². The minimum absolute atomic E-state index is 0.0465. The number of phenolic OH excluding ortho intramolecular Hbond substituents is 5. The fourth-order valence-corrected chi connectivity index (χ4v) is 4.92. The first-order valence-electron chi connectivity index (χ1n) is 11.0. The van der Waals surface area contributed by atoms with Crippen LogP contribution in [0.25, 0.3) is 11.6 Å². The highest BCUT2D eigenvalue weighted by atomic mass is 16.3. The largest absolute Gasteiger partial charge is 0.508 e. The third-order valence-electron chi connectivity index (χ3n) is 6.37. The highest BCUT2D eigenvalue weighted by molar-refractivity contribution is 5.93. The van der Waals surface area contributed by atoms with Crippen molar-refractivity contribution in [2.75, 3.05) is 0 Å². The van der Waals surface area contributed by atoms with E-state index in [2.05, 4.69) is 0 Å². The Balaban J connectivity index is 1.82. The molecule has 170 valence electrons. The monoisotopic (exact) mass is 452 g/mol. The summed E-state index contributed by atoms with van der Waals surface area (Å²) in [6.45, 7) is 2.01. The van der Waals surface area contributed by atoms with Gasteiger partial charge in [-0.15, -0.1) is 0 Å². The van der Waals surface area contributed by atoms with E-state index in [0.29, 0.717) is 16.7 Å². The highest BCUT2D eigenvalue weighted by Gasteiger charge is 2.41. The number of phenols is 5. The van der Waals surface area contributed by atoms with Crippen molar-refractivity contribution in [1.82, 2.24) is 0 Å². The quantitative estimate of drug-likeness (QED) is 0.263. The zero-order valence-corrected chi connectivity index (χ0v) is 18.5. The predicted molar refractivity (Wildman–Crippen MR) is 131 cm³/mol. The van der Waals surface area contributed by atoms with Crippen LogP contribution in [-0.4, -0.2) is 25.5 Å². The Morgan fingerprint density at radius 1 is 0.588 bits per heavy atom. The molecule has 5 nitrogen and oxygen atoms in total. The summed E-state index contributed by atoms with van der Waals surface area (Å²) in [6.07, 6.45) is 2.00. The Morgan fingerprint density at radius 3 is 1.85 bits per heavy atom. The van der Waals surface area contributed by atoms with Crippen LogP contribution in [0.5, 0.6) is 28.7 Å². The van der Waals surface area contributed by atoms with E-state index < -0.39 is 11.8 Å². The van der Waals surface area contributed by atoms with Gasteiger partial charge in [-0.3, -0.25) is 0 Å². The third-order valence-corrected chi connectivity index (χ3v) is 6.37. The molecule has 5 heteroatoms. The molecule has 0 radical (unpaired) electrons. The molecule has 0 amide bonds. The van der Waals surface area contributed by atoms with Crippen molar-refractivity contribution in [2.45, 2.75) is 18.8 Å². The highest BCUT2D eigenvalue weighted by Crippen LogP contribution is 2.58. The summed E-state index contributed by atoms with van der Waals surface area (Å²) in [7, 11) is 0. The SMILES string of the molecule is Cc1ccc(/C=C2/c3cc(O)cc(O)c3[C@@H](c3ccc(O)cc3)[C@@H]2c2cc(O)cc(O)c2)cc1. The van der Waals surface area contributed by atoms with Crippen molar-refractivity contribution < 1.29 is 25.5 Å². The zero-order chi connectivity index (χ0) is 24.0. The van der Waals surface area contributed by atoms with Crippen LogP contribution in [-0.2, 0) is 0 Å². The summed E-state index contributed by atoms with van der Waals surface area (Å²) < 4.78 is 0. The molecule has 0 unspecified atom stereocenters. The van der Waals surface area contributed by atoms with E-state index in [-0.39, 0.29) is 28.7 Å². The van der Waals surface area contributed by atoms with Crippen LogP contribution in [0, 0.1) is 6.92 Å². The topological polar surface area (TPSA) is 101 Å². The summed E-state index contributed by atoms with van der Waals surface area (Å²) in [5.41, 5.74) is 5.70.